The molecule has 12 nitrogen and oxygen atoms in total. The molecule has 5 aromatic heterocycles. The topological polar surface area (TPSA) is 150 Å². The van der Waals surface area contributed by atoms with E-state index in [9.17, 15) is 5.26 Å². The number of aromatic nitrogens is 11. The van der Waals surface area contributed by atoms with E-state index in [0.717, 1.165) is 66.0 Å². The first kappa shape index (κ1) is 34.7. The molecule has 0 fully saturated rings. The molecule has 0 aliphatic carbocycles. The third-order valence-corrected chi connectivity index (χ3v) is 10.4. The molecule has 0 N–H and O–H groups in total. The quantitative estimate of drug-likeness (QED) is 0.166. The van der Waals surface area contributed by atoms with E-state index in [-0.39, 0.29) is 0 Å². The van der Waals surface area contributed by atoms with Crippen molar-refractivity contribution in [2.75, 3.05) is 0 Å². The van der Waals surface area contributed by atoms with Crippen molar-refractivity contribution in [3.63, 3.8) is 0 Å². The highest BCUT2D eigenvalue weighted by atomic mass is 15.1. The summed E-state index contributed by atoms with van der Waals surface area (Å²) in [6.45, 7) is 11.2. The van der Waals surface area contributed by atoms with Crippen LogP contribution in [0, 0.1) is 52.9 Å². The van der Waals surface area contributed by atoms with Crippen LogP contribution in [0.2, 0.25) is 0 Å². The highest BCUT2D eigenvalue weighted by molar-refractivity contribution is 6.12. The Kier molecular flexibility index (Phi) is 7.88. The monoisotopic (exact) mass is 754 g/mol. The van der Waals surface area contributed by atoms with Crippen LogP contribution < -0.4 is 0 Å². The molecule has 0 spiro atoms. The number of aryl methyl sites for hydroxylation is 6. The van der Waals surface area contributed by atoms with Crippen molar-refractivity contribution >= 4 is 43.6 Å². The van der Waals surface area contributed by atoms with Crippen molar-refractivity contribution in [2.24, 2.45) is 0 Å². The molecule has 10 rings (SSSR count). The van der Waals surface area contributed by atoms with Gasteiger partial charge in [0.1, 0.15) is 41.0 Å². The van der Waals surface area contributed by atoms with Crippen LogP contribution >= 0.6 is 0 Å². The van der Waals surface area contributed by atoms with Gasteiger partial charge in [0, 0.05) is 38.2 Å². The predicted molar refractivity (Wildman–Crippen MR) is 225 cm³/mol. The van der Waals surface area contributed by atoms with Crippen molar-refractivity contribution in [2.45, 2.75) is 41.5 Å². The molecule has 0 amide bonds. The third kappa shape index (κ3) is 5.63. The summed E-state index contributed by atoms with van der Waals surface area (Å²) in [7, 11) is 0. The number of nitriles is 1. The fourth-order valence-corrected chi connectivity index (χ4v) is 8.18. The first-order valence-electron chi connectivity index (χ1n) is 18.9. The van der Waals surface area contributed by atoms with Crippen molar-refractivity contribution in [3.05, 3.63) is 138 Å². The average Bonchev–Trinajstić information content (AvgIpc) is 3.71. The summed E-state index contributed by atoms with van der Waals surface area (Å²) < 4.78 is 4.34. The van der Waals surface area contributed by atoms with Gasteiger partial charge in [0.15, 0.2) is 17.5 Å². The maximum Gasteiger partial charge on any atom is 0.165 e. The largest absolute Gasteiger partial charge is 0.308 e. The average molecular weight is 755 g/mol. The van der Waals surface area contributed by atoms with Crippen molar-refractivity contribution in [1.29, 1.82) is 5.26 Å². The normalized spacial score (nSPS) is 11.6. The number of benzene rings is 5. The molecule has 0 radical (unpaired) electrons. The van der Waals surface area contributed by atoms with Gasteiger partial charge < -0.3 is 9.13 Å². The lowest BCUT2D eigenvalue weighted by molar-refractivity contribution is 0.925. The van der Waals surface area contributed by atoms with E-state index in [1.54, 1.807) is 0 Å². The van der Waals surface area contributed by atoms with Crippen molar-refractivity contribution in [1.82, 2.24) is 54.0 Å². The smallest absolute Gasteiger partial charge is 0.165 e. The molecular formula is C46H34N12. The first-order chi connectivity index (χ1) is 28.1. The zero-order valence-corrected chi connectivity index (χ0v) is 32.6. The lowest BCUT2D eigenvalue weighted by Gasteiger charge is -2.18. The maximum atomic E-state index is 11.1. The summed E-state index contributed by atoms with van der Waals surface area (Å²) in [5, 5.41) is 15.3. The zero-order valence-electron chi connectivity index (χ0n) is 32.6. The van der Waals surface area contributed by atoms with Crippen LogP contribution in [-0.4, -0.2) is 54.0 Å². The Bertz CT molecular complexity index is 3330. The number of hydrogen-bond acceptors (Lipinski definition) is 10. The predicted octanol–water partition coefficient (Wildman–Crippen LogP) is 9.16. The molecule has 0 aliphatic rings. The van der Waals surface area contributed by atoms with E-state index in [1.807, 2.05) is 90.1 Å². The minimum atomic E-state index is 0.465. The van der Waals surface area contributed by atoms with Gasteiger partial charge in [0.05, 0.1) is 39.0 Å². The minimum Gasteiger partial charge on any atom is -0.308 e. The van der Waals surface area contributed by atoms with Crippen molar-refractivity contribution < 1.29 is 0 Å². The Morgan fingerprint density at radius 1 is 0.397 bits per heavy atom. The van der Waals surface area contributed by atoms with Gasteiger partial charge in [-0.15, -0.1) is 0 Å². The number of hydrogen-bond donors (Lipinski definition) is 0. The lowest BCUT2D eigenvalue weighted by atomic mass is 10.0. The molecule has 278 valence electrons. The molecule has 0 saturated carbocycles. The summed E-state index contributed by atoms with van der Waals surface area (Å²) in [5.41, 5.74) is 8.03. The Balaban J connectivity index is 1.31. The fraction of sp³-hybridized carbons (Fsp3) is 0.130. The van der Waals surface area contributed by atoms with Crippen LogP contribution in [0.15, 0.2) is 97.1 Å². The van der Waals surface area contributed by atoms with Crippen LogP contribution in [0.5, 0.6) is 0 Å². The van der Waals surface area contributed by atoms with Gasteiger partial charge in [-0.2, -0.15) is 5.26 Å². The van der Waals surface area contributed by atoms with E-state index in [0.29, 0.717) is 63.7 Å². The SMILES string of the molecule is Cc1nc(C)nc(-c2ccc3c4ccccc4n(-c4cc(-c5nc(C)nc(C)n5)c(-n5c6ccccc6c6ccc(-c7nc(C)nc(C)n7)cc65)cc4C#N)c3c2)n1. The standard InChI is InChI=1S/C46H34N12/c1-24-48-25(2)52-44(51-24)30-15-17-35-33-11-7-9-13-38(33)57(41(35)19-30)40-22-37(46-55-28(5)50-29(6)56-46)43(21-32(40)23-47)58-39-14-10-8-12-34(39)36-18-16-31(20-42(36)58)45-53-26(3)49-27(4)54-45/h7-22H,1-6H3. The molecule has 58 heavy (non-hydrogen) atoms. The van der Waals surface area contributed by atoms with Gasteiger partial charge in [0.2, 0.25) is 0 Å². The molecule has 5 aromatic carbocycles. The number of fused-ring (bicyclic) bond motifs is 6. The summed E-state index contributed by atoms with van der Waals surface area (Å²) in [5.74, 6) is 5.45. The van der Waals surface area contributed by atoms with Gasteiger partial charge >= 0.3 is 0 Å². The Morgan fingerprint density at radius 3 is 1.24 bits per heavy atom. The van der Waals surface area contributed by atoms with Crippen LogP contribution in [0.1, 0.15) is 40.5 Å². The molecule has 0 bridgehead atoms. The van der Waals surface area contributed by atoms with Gasteiger partial charge in [0.25, 0.3) is 0 Å². The van der Waals surface area contributed by atoms with Gasteiger partial charge in [-0.05, 0) is 77.9 Å². The van der Waals surface area contributed by atoms with Crippen LogP contribution in [0.3, 0.4) is 0 Å². The van der Waals surface area contributed by atoms with E-state index < -0.39 is 0 Å². The van der Waals surface area contributed by atoms with Crippen LogP contribution in [-0.2, 0) is 0 Å². The summed E-state index contributed by atoms with van der Waals surface area (Å²) in [4.78, 5) is 41.9. The molecule has 0 saturated heterocycles. The van der Waals surface area contributed by atoms with Crippen LogP contribution in [0.4, 0.5) is 0 Å². The molecule has 10 aromatic rings. The molecular weight excluding hydrogens is 721 g/mol. The molecule has 0 aliphatic heterocycles. The maximum absolute atomic E-state index is 11.1. The number of nitrogens with zero attached hydrogens (tertiary/aromatic N) is 12. The highest BCUT2D eigenvalue weighted by Crippen LogP contribution is 2.41. The van der Waals surface area contributed by atoms with E-state index >= 15 is 0 Å². The van der Waals surface area contributed by atoms with E-state index in [1.165, 1.54) is 0 Å². The number of rotatable bonds is 5. The second kappa shape index (κ2) is 13.2. The highest BCUT2D eigenvalue weighted by Gasteiger charge is 2.24. The van der Waals surface area contributed by atoms with Gasteiger partial charge in [-0.3, -0.25) is 0 Å². The summed E-state index contributed by atoms with van der Waals surface area (Å²) in [6.07, 6.45) is 0. The number of para-hydroxylation sites is 2. The summed E-state index contributed by atoms with van der Waals surface area (Å²) >= 11 is 0. The molecule has 12 heteroatoms. The lowest BCUT2D eigenvalue weighted by Crippen LogP contribution is -2.07. The second-order valence-electron chi connectivity index (χ2n) is 14.4. The fourth-order valence-electron chi connectivity index (χ4n) is 8.18. The Hall–Kier alpha value is -7.78. The van der Waals surface area contributed by atoms with E-state index in [2.05, 4.69) is 98.6 Å². The third-order valence-electron chi connectivity index (χ3n) is 10.4. The Morgan fingerprint density at radius 2 is 0.793 bits per heavy atom. The van der Waals surface area contributed by atoms with Gasteiger partial charge in [-0.25, -0.2) is 44.9 Å². The summed E-state index contributed by atoms with van der Waals surface area (Å²) in [6, 6.07) is 35.6. The van der Waals surface area contributed by atoms with Crippen molar-refractivity contribution in [3.8, 4) is 51.6 Å². The Labute approximate surface area is 332 Å². The zero-order chi connectivity index (χ0) is 39.8. The second-order valence-corrected chi connectivity index (χ2v) is 14.4. The molecule has 5 heterocycles. The molecule has 0 unspecified atom stereocenters. The van der Waals surface area contributed by atoms with E-state index in [4.69, 9.17) is 9.97 Å². The molecule has 0 atom stereocenters. The first-order valence-corrected chi connectivity index (χ1v) is 18.9. The van der Waals surface area contributed by atoms with Crippen LogP contribution in [0.25, 0.3) is 89.2 Å². The minimum absolute atomic E-state index is 0.465. The van der Waals surface area contributed by atoms with Gasteiger partial charge in [-0.1, -0.05) is 60.7 Å².